The van der Waals surface area contributed by atoms with Crippen molar-refractivity contribution in [2.75, 3.05) is 38.1 Å². The Morgan fingerprint density at radius 3 is 2.36 bits per heavy atom. The first-order valence-electron chi connectivity index (χ1n) is 8.74. The van der Waals surface area contributed by atoms with Gasteiger partial charge in [-0.15, -0.1) is 0 Å². The normalized spacial score (nSPS) is 15.5. The third-order valence-corrected chi connectivity index (χ3v) is 4.50. The van der Waals surface area contributed by atoms with Crippen LogP contribution in [0.1, 0.15) is 11.1 Å². The number of carbonyl (C=O) groups excluding carboxylic acids is 1. The second kappa shape index (κ2) is 8.49. The van der Waals surface area contributed by atoms with Gasteiger partial charge in [-0.05, 0) is 36.4 Å². The van der Waals surface area contributed by atoms with Crippen LogP contribution < -0.4 is 10.2 Å². The first-order chi connectivity index (χ1) is 12.2. The van der Waals surface area contributed by atoms with E-state index in [1.807, 2.05) is 36.4 Å². The monoisotopic (exact) mass is 335 g/mol. The largest absolute Gasteiger partial charge is 0.369 e. The number of amides is 1. The summed E-state index contributed by atoms with van der Waals surface area (Å²) in [6, 6.07) is 18.3. The number of nitrogens with zero attached hydrogens (tertiary/aromatic N) is 2. The lowest BCUT2D eigenvalue weighted by Gasteiger charge is -2.34. The van der Waals surface area contributed by atoms with E-state index in [-0.39, 0.29) is 5.91 Å². The molecule has 4 nitrogen and oxygen atoms in total. The highest BCUT2D eigenvalue weighted by molar-refractivity contribution is 5.91. The number of rotatable bonds is 5. The van der Waals surface area contributed by atoms with Crippen LogP contribution in [0.2, 0.25) is 0 Å². The number of nitrogens with one attached hydrogen (secondary N) is 1. The number of piperazine rings is 1. The molecule has 0 saturated carbocycles. The van der Waals surface area contributed by atoms with Gasteiger partial charge in [-0.2, -0.15) is 0 Å². The molecule has 2 aromatic carbocycles. The molecule has 1 aliphatic rings. The van der Waals surface area contributed by atoms with Crippen LogP contribution in [-0.4, -0.2) is 44.0 Å². The van der Waals surface area contributed by atoms with Crippen LogP contribution in [-0.2, 0) is 11.3 Å². The third kappa shape index (κ3) is 5.19. The fraction of sp³-hybridized carbons (Fsp3) is 0.286. The second-order valence-corrected chi connectivity index (χ2v) is 6.42. The standard InChI is InChI=1S/C21H25N3O/c1-23-13-15-24(16-14-23)20-10-7-19(8-11-20)17-22-21(25)12-9-18-5-3-2-4-6-18/h2-12H,13-17H2,1H3,(H,22,25)/b12-9+. The zero-order valence-corrected chi connectivity index (χ0v) is 14.7. The predicted octanol–water partition coefficient (Wildman–Crippen LogP) is 2.77. The number of carbonyl (C=O) groups is 1. The molecule has 0 aliphatic carbocycles. The van der Waals surface area contributed by atoms with Gasteiger partial charge < -0.3 is 15.1 Å². The molecule has 1 amide bonds. The average Bonchev–Trinajstić information content (AvgIpc) is 2.67. The minimum Gasteiger partial charge on any atom is -0.369 e. The first kappa shape index (κ1) is 17.2. The summed E-state index contributed by atoms with van der Waals surface area (Å²) in [6.07, 6.45) is 3.40. The summed E-state index contributed by atoms with van der Waals surface area (Å²) in [5, 5.41) is 2.93. The summed E-state index contributed by atoms with van der Waals surface area (Å²) < 4.78 is 0. The summed E-state index contributed by atoms with van der Waals surface area (Å²) in [5.41, 5.74) is 3.39. The molecule has 3 rings (SSSR count). The molecule has 130 valence electrons. The van der Waals surface area contributed by atoms with Gasteiger partial charge in [-0.3, -0.25) is 4.79 Å². The van der Waals surface area contributed by atoms with Crippen LogP contribution in [0.3, 0.4) is 0 Å². The maximum atomic E-state index is 11.9. The Kier molecular flexibility index (Phi) is 5.86. The molecule has 25 heavy (non-hydrogen) atoms. The molecule has 0 bridgehead atoms. The van der Waals surface area contributed by atoms with Crippen molar-refractivity contribution in [2.45, 2.75) is 6.54 Å². The van der Waals surface area contributed by atoms with Gasteiger partial charge in [-0.25, -0.2) is 0 Å². The Bertz CT molecular complexity index is 702. The Morgan fingerprint density at radius 2 is 1.68 bits per heavy atom. The van der Waals surface area contributed by atoms with Crippen molar-refractivity contribution in [3.8, 4) is 0 Å². The van der Waals surface area contributed by atoms with Crippen molar-refractivity contribution >= 4 is 17.7 Å². The lowest BCUT2D eigenvalue weighted by molar-refractivity contribution is -0.116. The van der Waals surface area contributed by atoms with Gasteiger partial charge in [-0.1, -0.05) is 42.5 Å². The molecular formula is C21H25N3O. The summed E-state index contributed by atoms with van der Waals surface area (Å²) in [7, 11) is 2.16. The molecular weight excluding hydrogens is 310 g/mol. The van der Waals surface area contributed by atoms with Crippen LogP contribution in [0.25, 0.3) is 6.08 Å². The molecule has 1 heterocycles. The molecule has 1 saturated heterocycles. The van der Waals surface area contributed by atoms with E-state index in [0.29, 0.717) is 6.54 Å². The second-order valence-electron chi connectivity index (χ2n) is 6.42. The molecule has 1 aliphatic heterocycles. The highest BCUT2D eigenvalue weighted by Gasteiger charge is 2.13. The predicted molar refractivity (Wildman–Crippen MR) is 103 cm³/mol. The topological polar surface area (TPSA) is 35.6 Å². The average molecular weight is 335 g/mol. The van der Waals surface area contributed by atoms with E-state index in [2.05, 4.69) is 46.4 Å². The maximum absolute atomic E-state index is 11.9. The molecule has 0 atom stereocenters. The summed E-state index contributed by atoms with van der Waals surface area (Å²) >= 11 is 0. The fourth-order valence-corrected chi connectivity index (χ4v) is 2.87. The molecule has 2 aromatic rings. The van der Waals surface area contributed by atoms with Crippen LogP contribution in [0.5, 0.6) is 0 Å². The van der Waals surface area contributed by atoms with Crippen LogP contribution in [0.15, 0.2) is 60.7 Å². The van der Waals surface area contributed by atoms with Crippen LogP contribution in [0, 0.1) is 0 Å². The molecule has 1 fully saturated rings. The van der Waals surface area contributed by atoms with Gasteiger partial charge in [0.05, 0.1) is 0 Å². The summed E-state index contributed by atoms with van der Waals surface area (Å²) in [5.74, 6) is -0.0769. The van der Waals surface area contributed by atoms with E-state index < -0.39 is 0 Å². The first-order valence-corrected chi connectivity index (χ1v) is 8.74. The Balaban J connectivity index is 1.48. The number of hydrogen-bond acceptors (Lipinski definition) is 3. The zero-order valence-electron chi connectivity index (χ0n) is 14.7. The lowest BCUT2D eigenvalue weighted by atomic mass is 10.1. The molecule has 4 heteroatoms. The SMILES string of the molecule is CN1CCN(c2ccc(CNC(=O)/C=C/c3ccccc3)cc2)CC1. The number of likely N-dealkylation sites (N-methyl/N-ethyl adjacent to an activating group) is 1. The third-order valence-electron chi connectivity index (χ3n) is 4.50. The van der Waals surface area contributed by atoms with E-state index in [1.165, 1.54) is 5.69 Å². The van der Waals surface area contributed by atoms with Crippen molar-refractivity contribution in [1.82, 2.24) is 10.2 Å². The molecule has 0 aromatic heterocycles. The molecule has 1 N–H and O–H groups in total. The number of anilines is 1. The summed E-state index contributed by atoms with van der Waals surface area (Å²) in [6.45, 7) is 4.88. The summed E-state index contributed by atoms with van der Waals surface area (Å²) in [4.78, 5) is 16.7. The van der Waals surface area contributed by atoms with E-state index >= 15 is 0 Å². The van der Waals surface area contributed by atoms with E-state index in [9.17, 15) is 4.79 Å². The van der Waals surface area contributed by atoms with Crippen molar-refractivity contribution in [2.24, 2.45) is 0 Å². The van der Waals surface area contributed by atoms with E-state index in [1.54, 1.807) is 6.08 Å². The quantitative estimate of drug-likeness (QED) is 0.854. The van der Waals surface area contributed by atoms with Gasteiger partial charge in [0.1, 0.15) is 0 Å². The van der Waals surface area contributed by atoms with Gasteiger partial charge >= 0.3 is 0 Å². The van der Waals surface area contributed by atoms with Crippen molar-refractivity contribution in [1.29, 1.82) is 0 Å². The minimum atomic E-state index is -0.0769. The van der Waals surface area contributed by atoms with Crippen molar-refractivity contribution in [3.63, 3.8) is 0 Å². The Morgan fingerprint density at radius 1 is 1.00 bits per heavy atom. The Hall–Kier alpha value is -2.59. The van der Waals surface area contributed by atoms with Gasteiger partial charge in [0.15, 0.2) is 0 Å². The highest BCUT2D eigenvalue weighted by atomic mass is 16.1. The number of hydrogen-bond donors (Lipinski definition) is 1. The number of benzene rings is 2. The van der Waals surface area contributed by atoms with Crippen LogP contribution >= 0.6 is 0 Å². The highest BCUT2D eigenvalue weighted by Crippen LogP contribution is 2.17. The molecule has 0 radical (unpaired) electrons. The van der Waals surface area contributed by atoms with Gasteiger partial charge in [0.25, 0.3) is 0 Å². The smallest absolute Gasteiger partial charge is 0.244 e. The van der Waals surface area contributed by atoms with Gasteiger partial charge in [0, 0.05) is 44.5 Å². The van der Waals surface area contributed by atoms with Gasteiger partial charge in [0.2, 0.25) is 5.91 Å². The zero-order chi connectivity index (χ0) is 17.5. The van der Waals surface area contributed by atoms with E-state index in [0.717, 1.165) is 37.3 Å². The molecule has 0 spiro atoms. The maximum Gasteiger partial charge on any atom is 0.244 e. The van der Waals surface area contributed by atoms with Crippen LogP contribution in [0.4, 0.5) is 5.69 Å². The fourth-order valence-electron chi connectivity index (χ4n) is 2.87. The molecule has 0 unspecified atom stereocenters. The minimum absolute atomic E-state index is 0.0769. The van der Waals surface area contributed by atoms with Crippen molar-refractivity contribution < 1.29 is 4.79 Å². The van der Waals surface area contributed by atoms with E-state index in [4.69, 9.17) is 0 Å². The lowest BCUT2D eigenvalue weighted by Crippen LogP contribution is -2.44. The van der Waals surface area contributed by atoms with Crippen molar-refractivity contribution in [3.05, 3.63) is 71.8 Å². The Labute approximate surface area is 149 Å².